The summed E-state index contributed by atoms with van der Waals surface area (Å²) >= 11 is 0. The first-order chi connectivity index (χ1) is 13.8. The molecule has 10 heteroatoms. The molecule has 1 aliphatic heterocycles. The fourth-order valence-electron chi connectivity index (χ4n) is 2.94. The molecular formula is C19H21FN4O4S. The van der Waals surface area contributed by atoms with E-state index in [0.717, 1.165) is 12.1 Å². The van der Waals surface area contributed by atoms with Crippen LogP contribution < -0.4 is 10.6 Å². The van der Waals surface area contributed by atoms with E-state index >= 15 is 0 Å². The zero-order valence-electron chi connectivity index (χ0n) is 15.5. The van der Waals surface area contributed by atoms with Gasteiger partial charge in [0.25, 0.3) is 0 Å². The molecule has 0 bridgehead atoms. The van der Waals surface area contributed by atoms with Gasteiger partial charge in [-0.1, -0.05) is 18.2 Å². The van der Waals surface area contributed by atoms with E-state index in [9.17, 15) is 22.4 Å². The molecule has 2 N–H and O–H groups in total. The zero-order chi connectivity index (χ0) is 20.9. The summed E-state index contributed by atoms with van der Waals surface area (Å²) in [6, 6.07) is 12.8. The van der Waals surface area contributed by atoms with Crippen molar-refractivity contribution in [1.82, 2.24) is 14.5 Å². The molecule has 29 heavy (non-hydrogen) atoms. The van der Waals surface area contributed by atoms with Gasteiger partial charge in [-0.2, -0.15) is 4.31 Å². The third-order valence-corrected chi connectivity index (χ3v) is 6.35. The van der Waals surface area contributed by atoms with Crippen molar-refractivity contribution in [3.8, 4) is 0 Å². The first kappa shape index (κ1) is 20.9. The summed E-state index contributed by atoms with van der Waals surface area (Å²) in [4.78, 5) is 25.7. The molecule has 0 aromatic heterocycles. The van der Waals surface area contributed by atoms with Gasteiger partial charge in [-0.05, 0) is 36.4 Å². The van der Waals surface area contributed by atoms with Gasteiger partial charge in [0, 0.05) is 31.9 Å². The Hall–Kier alpha value is -2.82. The summed E-state index contributed by atoms with van der Waals surface area (Å²) in [6.07, 6.45) is 0. The lowest BCUT2D eigenvalue weighted by Crippen LogP contribution is -2.51. The van der Waals surface area contributed by atoms with E-state index in [-0.39, 0.29) is 24.5 Å². The maximum atomic E-state index is 13.0. The molecule has 1 heterocycles. The van der Waals surface area contributed by atoms with Gasteiger partial charge in [-0.3, -0.25) is 15.0 Å². The van der Waals surface area contributed by atoms with Gasteiger partial charge in [0.1, 0.15) is 5.82 Å². The highest BCUT2D eigenvalue weighted by Crippen LogP contribution is 2.18. The fraction of sp³-hybridized carbons (Fsp3) is 0.263. The number of urea groups is 1. The molecular weight excluding hydrogens is 399 g/mol. The van der Waals surface area contributed by atoms with Crippen LogP contribution >= 0.6 is 0 Å². The molecule has 0 aliphatic carbocycles. The Morgan fingerprint density at radius 2 is 1.55 bits per heavy atom. The second-order valence-electron chi connectivity index (χ2n) is 6.50. The van der Waals surface area contributed by atoms with Gasteiger partial charge >= 0.3 is 6.03 Å². The molecule has 1 fully saturated rings. The van der Waals surface area contributed by atoms with Crippen molar-refractivity contribution < 1.29 is 22.4 Å². The first-order valence-corrected chi connectivity index (χ1v) is 10.4. The Morgan fingerprint density at radius 3 is 2.17 bits per heavy atom. The molecule has 154 valence electrons. The van der Waals surface area contributed by atoms with Crippen molar-refractivity contribution in [3.05, 3.63) is 60.4 Å². The van der Waals surface area contributed by atoms with E-state index in [1.807, 2.05) is 6.07 Å². The Labute approximate surface area is 168 Å². The number of hydrogen-bond donors (Lipinski definition) is 2. The van der Waals surface area contributed by atoms with E-state index in [0.29, 0.717) is 18.8 Å². The maximum absolute atomic E-state index is 13.0. The van der Waals surface area contributed by atoms with Crippen LogP contribution in [0.1, 0.15) is 0 Å². The van der Waals surface area contributed by atoms with Crippen LogP contribution in [0.15, 0.2) is 59.5 Å². The molecule has 0 saturated carbocycles. The van der Waals surface area contributed by atoms with Crippen molar-refractivity contribution >= 4 is 27.6 Å². The quantitative estimate of drug-likeness (QED) is 0.764. The van der Waals surface area contributed by atoms with E-state index < -0.39 is 27.8 Å². The van der Waals surface area contributed by atoms with E-state index in [1.165, 1.54) is 16.4 Å². The summed E-state index contributed by atoms with van der Waals surface area (Å²) in [6.45, 7) is 1.06. The largest absolute Gasteiger partial charge is 0.325 e. The molecule has 2 aromatic carbocycles. The van der Waals surface area contributed by atoms with Crippen LogP contribution in [-0.4, -0.2) is 62.3 Å². The minimum Gasteiger partial charge on any atom is -0.308 e. The van der Waals surface area contributed by atoms with Crippen LogP contribution in [0.5, 0.6) is 0 Å². The first-order valence-electron chi connectivity index (χ1n) is 8.98. The molecule has 0 unspecified atom stereocenters. The number of carbonyl (C=O) groups excluding carboxylic acids is 2. The van der Waals surface area contributed by atoms with Crippen LogP contribution in [0.4, 0.5) is 14.9 Å². The van der Waals surface area contributed by atoms with Crippen LogP contribution in [0, 0.1) is 5.82 Å². The normalized spacial score (nSPS) is 15.6. The number of benzene rings is 2. The molecule has 3 amide bonds. The van der Waals surface area contributed by atoms with Crippen molar-refractivity contribution in [1.29, 1.82) is 0 Å². The lowest BCUT2D eigenvalue weighted by atomic mass is 10.3. The highest BCUT2D eigenvalue weighted by molar-refractivity contribution is 7.89. The van der Waals surface area contributed by atoms with Crippen LogP contribution in [0.2, 0.25) is 0 Å². The number of carbonyl (C=O) groups is 2. The minimum atomic E-state index is -3.71. The summed E-state index contributed by atoms with van der Waals surface area (Å²) in [5.41, 5.74) is 0.567. The van der Waals surface area contributed by atoms with Crippen molar-refractivity contribution in [2.24, 2.45) is 0 Å². The topological polar surface area (TPSA) is 98.8 Å². The highest BCUT2D eigenvalue weighted by Gasteiger charge is 2.29. The Kier molecular flexibility index (Phi) is 6.57. The Balaban J connectivity index is 1.47. The number of nitrogens with zero attached hydrogens (tertiary/aromatic N) is 2. The Bertz CT molecular complexity index is 959. The van der Waals surface area contributed by atoms with E-state index in [2.05, 4.69) is 10.6 Å². The lowest BCUT2D eigenvalue weighted by Gasteiger charge is -2.33. The van der Waals surface area contributed by atoms with Gasteiger partial charge in [0.05, 0.1) is 11.4 Å². The van der Waals surface area contributed by atoms with Crippen molar-refractivity contribution in [3.63, 3.8) is 0 Å². The van der Waals surface area contributed by atoms with Crippen molar-refractivity contribution in [2.45, 2.75) is 4.90 Å². The number of nitrogens with one attached hydrogen (secondary N) is 2. The van der Waals surface area contributed by atoms with Crippen LogP contribution in [-0.2, 0) is 14.8 Å². The standard InChI is InChI=1S/C19H21FN4O4S/c20-15-6-8-17(9-7-15)29(27,28)24-12-10-23(11-13-24)14-18(25)22-19(26)21-16-4-2-1-3-5-16/h1-9H,10-14H2,(H2,21,22,25,26). The average molecular weight is 420 g/mol. The van der Waals surface area contributed by atoms with E-state index in [1.54, 1.807) is 29.2 Å². The predicted molar refractivity (Wildman–Crippen MR) is 105 cm³/mol. The second kappa shape index (κ2) is 9.12. The summed E-state index contributed by atoms with van der Waals surface area (Å²) in [5.74, 6) is -0.982. The molecule has 0 spiro atoms. The maximum Gasteiger partial charge on any atom is 0.325 e. The predicted octanol–water partition coefficient (Wildman–Crippen LogP) is 1.48. The van der Waals surface area contributed by atoms with Gasteiger partial charge < -0.3 is 5.32 Å². The number of halogens is 1. The number of rotatable bonds is 5. The Morgan fingerprint density at radius 1 is 0.931 bits per heavy atom. The smallest absolute Gasteiger partial charge is 0.308 e. The van der Waals surface area contributed by atoms with Gasteiger partial charge in [0.2, 0.25) is 15.9 Å². The number of anilines is 1. The zero-order valence-corrected chi connectivity index (χ0v) is 16.4. The van der Waals surface area contributed by atoms with Crippen LogP contribution in [0.25, 0.3) is 0 Å². The number of hydrogen-bond acceptors (Lipinski definition) is 5. The fourth-order valence-corrected chi connectivity index (χ4v) is 4.36. The summed E-state index contributed by atoms with van der Waals surface area (Å²) in [5, 5.41) is 4.81. The van der Waals surface area contributed by atoms with Gasteiger partial charge in [-0.25, -0.2) is 17.6 Å². The minimum absolute atomic E-state index is 0.0212. The third kappa shape index (κ3) is 5.59. The number of sulfonamides is 1. The molecule has 0 radical (unpaired) electrons. The summed E-state index contributed by atoms with van der Waals surface area (Å²) in [7, 11) is -3.71. The lowest BCUT2D eigenvalue weighted by molar-refractivity contribution is -0.121. The monoisotopic (exact) mass is 420 g/mol. The third-order valence-electron chi connectivity index (χ3n) is 4.43. The molecule has 1 saturated heterocycles. The molecule has 1 aliphatic rings. The number of piperazine rings is 1. The van der Waals surface area contributed by atoms with E-state index in [4.69, 9.17) is 0 Å². The SMILES string of the molecule is O=C(CN1CCN(S(=O)(=O)c2ccc(F)cc2)CC1)NC(=O)Nc1ccccc1. The van der Waals surface area contributed by atoms with Gasteiger partial charge in [-0.15, -0.1) is 0 Å². The second-order valence-corrected chi connectivity index (χ2v) is 8.44. The number of amides is 3. The number of para-hydroxylation sites is 1. The van der Waals surface area contributed by atoms with Crippen LogP contribution in [0.3, 0.4) is 0 Å². The molecule has 3 rings (SSSR count). The van der Waals surface area contributed by atoms with Gasteiger partial charge in [0.15, 0.2) is 0 Å². The molecule has 2 aromatic rings. The molecule has 8 nitrogen and oxygen atoms in total. The highest BCUT2D eigenvalue weighted by atomic mass is 32.2. The summed E-state index contributed by atoms with van der Waals surface area (Å²) < 4.78 is 39.5. The van der Waals surface area contributed by atoms with Crippen molar-refractivity contribution in [2.75, 3.05) is 38.0 Å². The molecule has 0 atom stereocenters. The number of imide groups is 1. The average Bonchev–Trinajstić information content (AvgIpc) is 2.69.